The van der Waals surface area contributed by atoms with Gasteiger partial charge in [-0.3, -0.25) is 0 Å². The first kappa shape index (κ1) is 28.3. The van der Waals surface area contributed by atoms with E-state index >= 15 is 0 Å². The van der Waals surface area contributed by atoms with E-state index in [1.807, 2.05) is 61.5 Å². The average molecular weight is 561 g/mol. The minimum absolute atomic E-state index is 0.000812. The van der Waals surface area contributed by atoms with Crippen LogP contribution in [0.15, 0.2) is 102 Å². The zero-order valence-corrected chi connectivity index (χ0v) is 23.6. The number of rotatable bonds is 10. The lowest BCUT2D eigenvalue weighted by atomic mass is 9.83. The van der Waals surface area contributed by atoms with Gasteiger partial charge in [0, 0.05) is 11.6 Å². The summed E-state index contributed by atoms with van der Waals surface area (Å²) in [5, 5.41) is 9.99. The van der Waals surface area contributed by atoms with Gasteiger partial charge in [0.15, 0.2) is 0 Å². The molecule has 2 N–H and O–H groups in total. The highest BCUT2D eigenvalue weighted by Gasteiger charge is 2.31. The van der Waals surface area contributed by atoms with E-state index in [2.05, 4.69) is 13.0 Å². The van der Waals surface area contributed by atoms with Crippen LogP contribution < -0.4 is 24.7 Å². The summed E-state index contributed by atoms with van der Waals surface area (Å²) in [6.07, 6.45) is 1.87. The predicted molar refractivity (Wildman–Crippen MR) is 159 cm³/mol. The molecule has 1 atom stereocenters. The number of unbranched alkanes of at least 4 members (excludes halogenated alkanes) is 1. The maximum Gasteiger partial charge on any atom is 0.347 e. The van der Waals surface area contributed by atoms with Gasteiger partial charge in [0.05, 0.1) is 12.5 Å². The zero-order chi connectivity index (χ0) is 29.5. The number of hydrogen-bond donors (Lipinski definition) is 1. The van der Waals surface area contributed by atoms with Crippen molar-refractivity contribution in [2.75, 3.05) is 6.61 Å². The van der Waals surface area contributed by atoms with Crippen LogP contribution in [0.4, 0.5) is 0 Å². The van der Waals surface area contributed by atoms with Gasteiger partial charge >= 0.3 is 5.97 Å². The molecule has 4 aromatic rings. The molecule has 7 nitrogen and oxygen atoms in total. The second-order valence-corrected chi connectivity index (χ2v) is 10.1. The van der Waals surface area contributed by atoms with E-state index in [1.54, 1.807) is 36.4 Å². The summed E-state index contributed by atoms with van der Waals surface area (Å²) in [4.78, 5) is 13.1. The molecule has 5 rings (SSSR count). The van der Waals surface area contributed by atoms with Gasteiger partial charge < -0.3 is 24.7 Å². The molecule has 4 aromatic carbocycles. The van der Waals surface area contributed by atoms with Crippen LogP contribution in [-0.2, 0) is 6.61 Å². The number of benzene rings is 4. The molecule has 0 spiro atoms. The number of allylic oxidation sites excluding steroid dienone is 1. The molecule has 0 saturated heterocycles. The Balaban J connectivity index is 1.38. The Bertz CT molecular complexity index is 1650. The Morgan fingerprint density at radius 3 is 2.55 bits per heavy atom. The number of carbonyl (C=O) groups is 1. The Kier molecular flexibility index (Phi) is 8.74. The number of carbonyl (C=O) groups excluding carboxylic acids is 1. The van der Waals surface area contributed by atoms with Crippen LogP contribution in [0.25, 0.3) is 0 Å². The van der Waals surface area contributed by atoms with Crippen molar-refractivity contribution in [3.05, 3.63) is 130 Å². The van der Waals surface area contributed by atoms with Crippen molar-refractivity contribution in [2.24, 2.45) is 5.73 Å². The normalized spacial score (nSPS) is 13.9. The van der Waals surface area contributed by atoms with Gasteiger partial charge in [0.2, 0.25) is 5.88 Å². The second-order valence-electron chi connectivity index (χ2n) is 10.1. The minimum atomic E-state index is -0.547. The van der Waals surface area contributed by atoms with E-state index in [9.17, 15) is 10.1 Å². The number of aryl methyl sites for hydroxylation is 1. The first-order valence-electron chi connectivity index (χ1n) is 13.9. The number of hydrogen-bond acceptors (Lipinski definition) is 7. The number of nitrogens with two attached hydrogens (primary N) is 1. The highest BCUT2D eigenvalue weighted by Crippen LogP contribution is 2.44. The van der Waals surface area contributed by atoms with E-state index in [0.717, 1.165) is 29.5 Å². The highest BCUT2D eigenvalue weighted by molar-refractivity contribution is 5.94. The van der Waals surface area contributed by atoms with Crippen LogP contribution in [0.2, 0.25) is 0 Å². The number of fused-ring (bicyclic) bond motifs is 1. The van der Waals surface area contributed by atoms with Gasteiger partial charge in [-0.2, -0.15) is 5.26 Å². The minimum Gasteiger partial charge on any atom is -0.493 e. The predicted octanol–water partition coefficient (Wildman–Crippen LogP) is 7.19. The Labute approximate surface area is 245 Å². The van der Waals surface area contributed by atoms with E-state index in [1.165, 1.54) is 5.56 Å². The number of para-hydroxylation sites is 1. The SMILES string of the molecule is CCCCOc1ccccc1C(=O)Oc1ccc2c(c1)OC(N)=C(C#N)C2c1cccc(OCc2ccc(C)cc2)c1. The smallest absolute Gasteiger partial charge is 0.347 e. The molecule has 0 fully saturated rings. The molecule has 1 aliphatic heterocycles. The number of ether oxygens (including phenoxy) is 4. The fourth-order valence-corrected chi connectivity index (χ4v) is 4.73. The Morgan fingerprint density at radius 1 is 0.952 bits per heavy atom. The molecule has 1 unspecified atom stereocenters. The summed E-state index contributed by atoms with van der Waals surface area (Å²) in [7, 11) is 0. The molecule has 42 heavy (non-hydrogen) atoms. The Morgan fingerprint density at radius 2 is 1.76 bits per heavy atom. The number of nitrogens with zero attached hydrogens (tertiary/aromatic N) is 1. The van der Waals surface area contributed by atoms with Crippen molar-refractivity contribution < 1.29 is 23.7 Å². The molecule has 0 amide bonds. The summed E-state index contributed by atoms with van der Waals surface area (Å²) in [5.41, 5.74) is 10.6. The van der Waals surface area contributed by atoms with E-state index < -0.39 is 11.9 Å². The fraction of sp³-hybridized carbons (Fsp3) is 0.200. The molecule has 0 bridgehead atoms. The molecule has 1 heterocycles. The third-order valence-electron chi connectivity index (χ3n) is 6.98. The topological polar surface area (TPSA) is 104 Å². The van der Waals surface area contributed by atoms with Gasteiger partial charge in [-0.15, -0.1) is 0 Å². The van der Waals surface area contributed by atoms with Gasteiger partial charge in [0.25, 0.3) is 0 Å². The van der Waals surface area contributed by atoms with E-state index in [-0.39, 0.29) is 11.6 Å². The summed E-state index contributed by atoms with van der Waals surface area (Å²) in [6.45, 7) is 5.05. The molecule has 0 saturated carbocycles. The molecule has 0 aromatic heterocycles. The van der Waals surface area contributed by atoms with Crippen LogP contribution in [0, 0.1) is 18.3 Å². The molecular formula is C35H32N2O5. The maximum atomic E-state index is 13.1. The van der Waals surface area contributed by atoms with E-state index in [0.29, 0.717) is 41.6 Å². The number of nitriles is 1. The molecule has 1 aliphatic rings. The summed E-state index contributed by atoms with van der Waals surface area (Å²) in [6, 6.07) is 30.0. The first-order valence-corrected chi connectivity index (χ1v) is 13.9. The molecule has 212 valence electrons. The molecule has 0 aliphatic carbocycles. The van der Waals surface area contributed by atoms with Crippen molar-refractivity contribution in [3.8, 4) is 29.1 Å². The number of esters is 1. The van der Waals surface area contributed by atoms with Crippen molar-refractivity contribution in [1.29, 1.82) is 5.26 Å². The monoisotopic (exact) mass is 560 g/mol. The van der Waals surface area contributed by atoms with Gasteiger partial charge in [-0.25, -0.2) is 4.79 Å². The first-order chi connectivity index (χ1) is 20.5. The average Bonchev–Trinajstić information content (AvgIpc) is 3.00. The second kappa shape index (κ2) is 13.0. The molecule has 0 radical (unpaired) electrons. The van der Waals surface area contributed by atoms with Crippen LogP contribution in [0.3, 0.4) is 0 Å². The van der Waals surface area contributed by atoms with Gasteiger partial charge in [0.1, 0.15) is 46.8 Å². The zero-order valence-electron chi connectivity index (χ0n) is 23.6. The van der Waals surface area contributed by atoms with Crippen LogP contribution in [0.1, 0.15) is 58.3 Å². The van der Waals surface area contributed by atoms with Crippen LogP contribution >= 0.6 is 0 Å². The third kappa shape index (κ3) is 6.39. The van der Waals surface area contributed by atoms with E-state index in [4.69, 9.17) is 24.7 Å². The lowest BCUT2D eigenvalue weighted by Gasteiger charge is -2.27. The summed E-state index contributed by atoms with van der Waals surface area (Å²) < 4.78 is 23.4. The summed E-state index contributed by atoms with van der Waals surface area (Å²) >= 11 is 0. The van der Waals surface area contributed by atoms with Gasteiger partial charge in [-0.1, -0.05) is 73.5 Å². The Hall–Kier alpha value is -5.22. The van der Waals surface area contributed by atoms with Crippen molar-refractivity contribution >= 4 is 5.97 Å². The van der Waals surface area contributed by atoms with Crippen LogP contribution in [-0.4, -0.2) is 12.6 Å². The lowest BCUT2D eigenvalue weighted by Crippen LogP contribution is -2.21. The quantitative estimate of drug-likeness (QED) is 0.124. The van der Waals surface area contributed by atoms with Crippen molar-refractivity contribution in [1.82, 2.24) is 0 Å². The maximum absolute atomic E-state index is 13.1. The highest BCUT2D eigenvalue weighted by atomic mass is 16.5. The molecular weight excluding hydrogens is 528 g/mol. The van der Waals surface area contributed by atoms with Crippen LogP contribution in [0.5, 0.6) is 23.0 Å². The fourth-order valence-electron chi connectivity index (χ4n) is 4.73. The lowest BCUT2D eigenvalue weighted by molar-refractivity contribution is 0.0730. The largest absolute Gasteiger partial charge is 0.493 e. The summed E-state index contributed by atoms with van der Waals surface area (Å²) in [5.74, 6) is 0.791. The molecule has 7 heteroatoms. The van der Waals surface area contributed by atoms with Crippen molar-refractivity contribution in [2.45, 2.75) is 39.2 Å². The standard InChI is InChI=1S/C35H32N2O5/c1-3-4-18-39-31-11-6-5-10-29(31)35(38)41-27-16-17-28-32(20-27)42-34(37)30(21-36)33(28)25-8-7-9-26(19-25)40-22-24-14-12-23(2)13-15-24/h5-17,19-20,33H,3-4,18,22,37H2,1-2H3. The third-order valence-corrected chi connectivity index (χ3v) is 6.98. The van der Waals surface area contributed by atoms with Gasteiger partial charge in [-0.05, 0) is 54.8 Å². The van der Waals surface area contributed by atoms with Crippen molar-refractivity contribution in [3.63, 3.8) is 0 Å².